The molecule has 3 heteroatoms. The maximum Gasteiger partial charge on any atom is 0.252 e. The van der Waals surface area contributed by atoms with Gasteiger partial charge in [-0.1, -0.05) is 339 Å². The molecular weight excluding hydrogens is 1160 g/mol. The number of para-hydroxylation sites is 1. The molecule has 14 aromatic rings. The predicted molar refractivity (Wildman–Crippen MR) is 408 cm³/mol. The lowest BCUT2D eigenvalue weighted by Crippen LogP contribution is -2.61. The standard InChI is InChI=1S/C93H73BN2/c1-91(2,3)71-53-54-81-84(61-71)96(90-78(65-38-20-10-21-39-65)59-72(92(4,5)6)60-79(90)66-40-22-11-23-41-66)86-58-68(73-47-30-50-77-76-46-28-29-51-80(76)93(87(73)77,69-42-24-12-25-43-69)70-44-26-13-27-45-70)57-85-88(86)94(81)82-56-67(62-32-14-7-15-33-62)52-55-83(82)95(85)89-74(63-34-16-8-17-35-63)48-31-49-75(89)64-36-18-9-19-37-64/h7-61H,1-6H3/i7D,14D,15D,32D,33D. The largest absolute Gasteiger partial charge is 0.310 e. The lowest BCUT2D eigenvalue weighted by atomic mass is 9.33. The van der Waals surface area contributed by atoms with Crippen molar-refractivity contribution in [3.63, 3.8) is 0 Å². The molecule has 0 amide bonds. The average Bonchev–Trinajstić information content (AvgIpc) is 1.66. The summed E-state index contributed by atoms with van der Waals surface area (Å²) in [6.45, 7) is 13.3. The third-order valence-corrected chi connectivity index (χ3v) is 20.3. The Balaban J connectivity index is 1.10. The molecule has 17 rings (SSSR count). The van der Waals surface area contributed by atoms with Gasteiger partial charge in [-0.15, -0.1) is 0 Å². The minimum atomic E-state index is -0.773. The summed E-state index contributed by atoms with van der Waals surface area (Å²) in [5, 5.41) is 0. The van der Waals surface area contributed by atoms with Gasteiger partial charge in [0.1, 0.15) is 0 Å². The molecule has 458 valence electrons. The number of hydrogen-bond donors (Lipinski definition) is 0. The van der Waals surface area contributed by atoms with Crippen molar-refractivity contribution in [2.75, 3.05) is 9.80 Å². The van der Waals surface area contributed by atoms with Crippen LogP contribution in [0.3, 0.4) is 0 Å². The van der Waals surface area contributed by atoms with E-state index in [1.807, 2.05) is 6.07 Å². The molecule has 0 saturated carbocycles. The lowest BCUT2D eigenvalue weighted by Gasteiger charge is -2.46. The third kappa shape index (κ3) is 9.46. The van der Waals surface area contributed by atoms with Crippen LogP contribution in [0.15, 0.2) is 334 Å². The molecule has 2 nitrogen and oxygen atoms in total. The maximum absolute atomic E-state index is 9.60. The Bertz CT molecular complexity index is 5430. The Morgan fingerprint density at radius 1 is 0.302 bits per heavy atom. The smallest absolute Gasteiger partial charge is 0.252 e. The average molecular weight is 1230 g/mol. The molecule has 2 aliphatic heterocycles. The van der Waals surface area contributed by atoms with Crippen LogP contribution in [0, 0.1) is 0 Å². The lowest BCUT2D eigenvalue weighted by molar-refractivity contribution is 0.590. The molecule has 0 saturated heterocycles. The molecule has 0 spiro atoms. The molecule has 14 aromatic carbocycles. The topological polar surface area (TPSA) is 6.48 Å². The molecular formula is C93H73BN2. The summed E-state index contributed by atoms with van der Waals surface area (Å²) in [6.07, 6.45) is 0. The van der Waals surface area contributed by atoms with Crippen molar-refractivity contribution in [1.82, 2.24) is 0 Å². The van der Waals surface area contributed by atoms with Crippen LogP contribution in [-0.2, 0) is 16.2 Å². The minimum Gasteiger partial charge on any atom is -0.310 e. The first-order chi connectivity index (χ1) is 49.0. The molecule has 0 unspecified atom stereocenters. The first kappa shape index (κ1) is 53.2. The van der Waals surface area contributed by atoms with E-state index in [-0.39, 0.29) is 40.6 Å². The summed E-state index contributed by atoms with van der Waals surface area (Å²) < 4.78 is 46.2. The summed E-state index contributed by atoms with van der Waals surface area (Å²) in [7, 11) is 0. The molecule has 0 radical (unpaired) electrons. The van der Waals surface area contributed by atoms with Crippen LogP contribution < -0.4 is 26.2 Å². The van der Waals surface area contributed by atoms with Crippen molar-refractivity contribution in [1.29, 1.82) is 0 Å². The van der Waals surface area contributed by atoms with E-state index in [1.165, 1.54) is 44.5 Å². The van der Waals surface area contributed by atoms with Gasteiger partial charge in [0.15, 0.2) is 0 Å². The highest BCUT2D eigenvalue weighted by Crippen LogP contribution is 2.61. The second-order valence-electron chi connectivity index (χ2n) is 27.9. The summed E-state index contributed by atoms with van der Waals surface area (Å²) in [5.41, 5.74) is 28.4. The van der Waals surface area contributed by atoms with Crippen LogP contribution in [0.2, 0.25) is 0 Å². The molecule has 0 fully saturated rings. The summed E-state index contributed by atoms with van der Waals surface area (Å²) in [4.78, 5) is 5.15. The molecule has 0 aromatic heterocycles. The fourth-order valence-electron chi connectivity index (χ4n) is 15.9. The fourth-order valence-corrected chi connectivity index (χ4v) is 15.9. The predicted octanol–water partition coefficient (Wildman–Crippen LogP) is 22.7. The van der Waals surface area contributed by atoms with E-state index in [0.717, 1.165) is 106 Å². The third-order valence-electron chi connectivity index (χ3n) is 20.3. The summed E-state index contributed by atoms with van der Waals surface area (Å²) in [5.74, 6) is 0. The van der Waals surface area contributed by atoms with Gasteiger partial charge in [0, 0.05) is 45.0 Å². The fraction of sp³-hybridized carbons (Fsp3) is 0.0968. The number of benzene rings is 14. The number of hydrogen-bond acceptors (Lipinski definition) is 2. The second kappa shape index (κ2) is 23.0. The van der Waals surface area contributed by atoms with Crippen LogP contribution >= 0.6 is 0 Å². The Morgan fingerprint density at radius 2 is 0.750 bits per heavy atom. The molecule has 0 bridgehead atoms. The molecule has 3 aliphatic rings. The van der Waals surface area contributed by atoms with Crippen molar-refractivity contribution < 1.29 is 6.85 Å². The van der Waals surface area contributed by atoms with E-state index in [4.69, 9.17) is 4.11 Å². The van der Waals surface area contributed by atoms with Crippen LogP contribution in [0.5, 0.6) is 0 Å². The summed E-state index contributed by atoms with van der Waals surface area (Å²) >= 11 is 0. The zero-order valence-corrected chi connectivity index (χ0v) is 54.8. The first-order valence-corrected chi connectivity index (χ1v) is 33.5. The van der Waals surface area contributed by atoms with Gasteiger partial charge in [-0.05, 0) is 153 Å². The van der Waals surface area contributed by atoms with Crippen molar-refractivity contribution >= 4 is 57.2 Å². The quantitative estimate of drug-likeness (QED) is 0.126. The van der Waals surface area contributed by atoms with Gasteiger partial charge in [0.05, 0.1) is 23.6 Å². The molecule has 1 aliphatic carbocycles. The van der Waals surface area contributed by atoms with Gasteiger partial charge in [-0.25, -0.2) is 0 Å². The SMILES string of the molecule is [2H]c1c([2H])c([2H])c(-c2ccc3c(c2)B2c4ccc(C(C)(C)C)cc4N(c4c(-c5ccccc5)cc(C(C)(C)C)cc4-c4ccccc4)c4cc(-c5cccc6c5C(c5ccccc5)(c5ccccc5)c5ccccc5-6)cc(c42)N3c2c(-c3ccccc3)cccc2-c2ccccc2)c([2H])c1[2H]. The van der Waals surface area contributed by atoms with Crippen LogP contribution in [0.25, 0.3) is 77.9 Å². The van der Waals surface area contributed by atoms with Gasteiger partial charge in [-0.2, -0.15) is 0 Å². The van der Waals surface area contributed by atoms with E-state index in [9.17, 15) is 2.74 Å². The zero-order valence-electron chi connectivity index (χ0n) is 59.8. The van der Waals surface area contributed by atoms with Crippen molar-refractivity contribution in [3.8, 4) is 77.9 Å². The van der Waals surface area contributed by atoms with Gasteiger partial charge < -0.3 is 9.80 Å². The zero-order chi connectivity index (χ0) is 69.2. The van der Waals surface area contributed by atoms with Crippen LogP contribution in [-0.4, -0.2) is 6.71 Å². The monoisotopic (exact) mass is 1230 g/mol. The van der Waals surface area contributed by atoms with Gasteiger partial charge in [-0.3, -0.25) is 0 Å². The normalized spacial score (nSPS) is 14.1. The van der Waals surface area contributed by atoms with Crippen LogP contribution in [0.4, 0.5) is 34.1 Å². The number of fused-ring (bicyclic) bond motifs is 7. The maximum atomic E-state index is 9.60. The van der Waals surface area contributed by atoms with E-state index in [0.29, 0.717) is 5.56 Å². The minimum absolute atomic E-state index is 0.153. The second-order valence-corrected chi connectivity index (χ2v) is 27.9. The molecule has 0 N–H and O–H groups in total. The first-order valence-electron chi connectivity index (χ1n) is 36.0. The number of nitrogens with zero attached hydrogens (tertiary/aromatic N) is 2. The highest BCUT2D eigenvalue weighted by Gasteiger charge is 2.50. The van der Waals surface area contributed by atoms with E-state index in [1.54, 1.807) is 0 Å². The van der Waals surface area contributed by atoms with Gasteiger partial charge >= 0.3 is 0 Å². The highest BCUT2D eigenvalue weighted by molar-refractivity contribution is 7.00. The number of rotatable bonds is 10. The Hall–Kier alpha value is -11.3. The molecule has 96 heavy (non-hydrogen) atoms. The van der Waals surface area contributed by atoms with E-state index < -0.39 is 18.2 Å². The number of anilines is 6. The molecule has 0 atom stereocenters. The Kier molecular flexibility index (Phi) is 12.8. The van der Waals surface area contributed by atoms with Crippen molar-refractivity contribution in [2.24, 2.45) is 0 Å². The van der Waals surface area contributed by atoms with Crippen molar-refractivity contribution in [3.05, 3.63) is 367 Å². The Labute approximate surface area is 573 Å². The molecule has 2 heterocycles. The van der Waals surface area contributed by atoms with E-state index in [2.05, 4.69) is 349 Å². The van der Waals surface area contributed by atoms with Crippen LogP contribution in [0.1, 0.15) is 81.8 Å². The Morgan fingerprint density at radius 3 is 1.28 bits per heavy atom. The van der Waals surface area contributed by atoms with E-state index >= 15 is 0 Å². The summed E-state index contributed by atoms with van der Waals surface area (Å²) in [6, 6.07) is 110. The van der Waals surface area contributed by atoms with Crippen molar-refractivity contribution in [2.45, 2.75) is 57.8 Å². The highest BCUT2D eigenvalue weighted by atomic mass is 15.2. The van der Waals surface area contributed by atoms with Gasteiger partial charge in [0.25, 0.3) is 6.71 Å². The van der Waals surface area contributed by atoms with Gasteiger partial charge in [0.2, 0.25) is 0 Å².